The highest BCUT2D eigenvalue weighted by molar-refractivity contribution is 5.41. The molecule has 0 amide bonds. The van der Waals surface area contributed by atoms with Crippen LogP contribution in [0.25, 0.3) is 0 Å². The second-order valence-electron chi connectivity index (χ2n) is 6.94. The Labute approximate surface area is 104 Å². The van der Waals surface area contributed by atoms with Gasteiger partial charge in [0.15, 0.2) is 0 Å². The number of halogens is 2. The maximum atomic E-state index is 14.3. The monoisotopic (exact) mass is 251 g/mol. The normalized spacial score (nSPS) is 62.6. The minimum absolute atomic E-state index is 0.187. The van der Waals surface area contributed by atoms with Crippen LogP contribution in [-0.4, -0.2) is 19.1 Å². The maximum Gasteiger partial charge on any atom is 0.255 e. The van der Waals surface area contributed by atoms with Gasteiger partial charge in [-0.25, -0.2) is 8.78 Å². The van der Waals surface area contributed by atoms with Gasteiger partial charge in [-0.3, -0.25) is 0 Å². The molecule has 6 saturated carbocycles. The van der Waals surface area contributed by atoms with Gasteiger partial charge in [0.2, 0.25) is 0 Å². The van der Waals surface area contributed by atoms with Gasteiger partial charge in [0.05, 0.1) is 25.7 Å². The lowest BCUT2D eigenvalue weighted by Gasteiger charge is -2.69. The molecule has 6 aliphatic rings. The summed E-state index contributed by atoms with van der Waals surface area (Å²) in [4.78, 5) is 0. The Kier molecular flexibility index (Phi) is 1.47. The van der Waals surface area contributed by atoms with Gasteiger partial charge in [-0.2, -0.15) is 5.26 Å². The quantitative estimate of drug-likeness (QED) is 0.718. The number of nitrogens with zero attached hydrogens (tertiary/aromatic N) is 1. The molecule has 18 heavy (non-hydrogen) atoms. The molecule has 2 nitrogen and oxygen atoms in total. The van der Waals surface area contributed by atoms with Crippen LogP contribution in [-0.2, 0) is 4.74 Å². The van der Waals surface area contributed by atoms with Crippen LogP contribution in [0, 0.1) is 58.2 Å². The van der Waals surface area contributed by atoms with Crippen LogP contribution >= 0.6 is 0 Å². The lowest BCUT2D eigenvalue weighted by atomic mass is 9.34. The molecule has 8 atom stereocenters. The van der Waals surface area contributed by atoms with Crippen molar-refractivity contribution < 1.29 is 13.5 Å². The van der Waals surface area contributed by atoms with Crippen LogP contribution in [0.15, 0.2) is 0 Å². The molecule has 0 N–H and O–H groups in total. The van der Waals surface area contributed by atoms with Crippen molar-refractivity contribution in [2.75, 3.05) is 13.2 Å². The van der Waals surface area contributed by atoms with Gasteiger partial charge in [-0.15, -0.1) is 0 Å². The maximum absolute atomic E-state index is 14.3. The summed E-state index contributed by atoms with van der Waals surface area (Å²) in [6, 6.07) is 2.04. The SMILES string of the molecule is N#CCCOC[C@@]12[C@@H]3[C@@H]4[C@H]5[C@H](C[C@@H]41)[C@H]2C(F)(F)[C@@H]53. The van der Waals surface area contributed by atoms with Crippen molar-refractivity contribution in [1.29, 1.82) is 5.26 Å². The summed E-state index contributed by atoms with van der Waals surface area (Å²) in [6.07, 6.45) is 1.40. The van der Waals surface area contributed by atoms with Crippen LogP contribution in [0.2, 0.25) is 0 Å². The molecular weight excluding hydrogens is 236 g/mol. The Morgan fingerprint density at radius 1 is 1.28 bits per heavy atom. The Hall–Kier alpha value is -0.690. The predicted octanol–water partition coefficient (Wildman–Crippen LogP) is 2.31. The third kappa shape index (κ3) is 0.672. The van der Waals surface area contributed by atoms with Crippen LogP contribution < -0.4 is 0 Å². The molecule has 0 aliphatic heterocycles. The number of hydrogen-bond acceptors (Lipinski definition) is 2. The van der Waals surface area contributed by atoms with Crippen molar-refractivity contribution in [3.8, 4) is 6.07 Å². The van der Waals surface area contributed by atoms with Gasteiger partial charge in [0.25, 0.3) is 5.92 Å². The topological polar surface area (TPSA) is 33.0 Å². The molecule has 0 aromatic rings. The fraction of sp³-hybridized carbons (Fsp3) is 0.929. The third-order valence-corrected chi connectivity index (χ3v) is 7.03. The van der Waals surface area contributed by atoms with Crippen molar-refractivity contribution >= 4 is 0 Å². The predicted molar refractivity (Wildman–Crippen MR) is 57.5 cm³/mol. The molecule has 6 rings (SSSR count). The lowest BCUT2D eigenvalue weighted by molar-refractivity contribution is -0.261. The van der Waals surface area contributed by atoms with Crippen molar-refractivity contribution in [1.82, 2.24) is 0 Å². The van der Waals surface area contributed by atoms with E-state index in [9.17, 15) is 8.78 Å². The highest BCUT2D eigenvalue weighted by Crippen LogP contribution is 2.96. The second-order valence-corrected chi connectivity index (χ2v) is 6.94. The first-order chi connectivity index (χ1) is 8.65. The minimum Gasteiger partial charge on any atom is -0.380 e. The van der Waals surface area contributed by atoms with Crippen molar-refractivity contribution in [2.45, 2.75) is 18.8 Å². The van der Waals surface area contributed by atoms with Gasteiger partial charge >= 0.3 is 0 Å². The molecule has 0 aromatic heterocycles. The summed E-state index contributed by atoms with van der Waals surface area (Å²) < 4.78 is 34.3. The van der Waals surface area contributed by atoms with Crippen molar-refractivity contribution in [3.63, 3.8) is 0 Å². The van der Waals surface area contributed by atoms with E-state index in [1.807, 2.05) is 6.07 Å². The fourth-order valence-corrected chi connectivity index (χ4v) is 7.09. The molecule has 4 heteroatoms. The van der Waals surface area contributed by atoms with Gasteiger partial charge < -0.3 is 4.74 Å². The van der Waals surface area contributed by atoms with Gasteiger partial charge in [-0.1, -0.05) is 0 Å². The summed E-state index contributed by atoms with van der Waals surface area (Å²) in [5.74, 6) is -1.06. The molecular formula is C14H15F2NO. The van der Waals surface area contributed by atoms with E-state index in [1.54, 1.807) is 0 Å². The number of rotatable bonds is 4. The molecule has 96 valence electrons. The fourth-order valence-electron chi connectivity index (χ4n) is 7.09. The van der Waals surface area contributed by atoms with Crippen molar-refractivity contribution in [3.05, 3.63) is 0 Å². The van der Waals surface area contributed by atoms with Crippen LogP contribution in [0.1, 0.15) is 12.8 Å². The Bertz CT molecular complexity index is 487. The first kappa shape index (κ1) is 10.1. The summed E-state index contributed by atoms with van der Waals surface area (Å²) in [7, 11) is 0. The molecule has 4 bridgehead atoms. The zero-order chi connectivity index (χ0) is 12.3. The number of alkyl halides is 2. The molecule has 6 fully saturated rings. The van der Waals surface area contributed by atoms with Crippen molar-refractivity contribution in [2.24, 2.45) is 46.8 Å². The highest BCUT2D eigenvalue weighted by atomic mass is 19.3. The van der Waals surface area contributed by atoms with Gasteiger partial charge in [0, 0.05) is 17.3 Å². The van der Waals surface area contributed by atoms with E-state index in [0.717, 1.165) is 6.42 Å². The van der Waals surface area contributed by atoms with Gasteiger partial charge in [-0.05, 0) is 36.0 Å². The molecule has 0 saturated heterocycles. The number of hydrogen-bond donors (Lipinski definition) is 0. The Morgan fingerprint density at radius 3 is 2.89 bits per heavy atom. The lowest BCUT2D eigenvalue weighted by Crippen LogP contribution is -2.69. The third-order valence-electron chi connectivity index (χ3n) is 7.03. The smallest absolute Gasteiger partial charge is 0.255 e. The average molecular weight is 251 g/mol. The first-order valence-corrected chi connectivity index (χ1v) is 6.98. The summed E-state index contributed by atoms with van der Waals surface area (Å²) >= 11 is 0. The average Bonchev–Trinajstić information content (AvgIpc) is 2.74. The minimum atomic E-state index is -2.42. The molecule has 0 spiro atoms. The first-order valence-electron chi connectivity index (χ1n) is 6.98. The van der Waals surface area contributed by atoms with E-state index in [1.165, 1.54) is 0 Å². The highest BCUT2D eigenvalue weighted by Gasteiger charge is 2.97. The number of ether oxygens (including phenoxy) is 1. The Balaban J connectivity index is 1.45. The van der Waals surface area contributed by atoms with E-state index in [4.69, 9.17) is 10.00 Å². The van der Waals surface area contributed by atoms with E-state index in [0.29, 0.717) is 43.3 Å². The van der Waals surface area contributed by atoms with E-state index < -0.39 is 5.92 Å². The zero-order valence-electron chi connectivity index (χ0n) is 9.98. The number of nitriles is 1. The molecule has 0 heterocycles. The van der Waals surface area contributed by atoms with Crippen LogP contribution in [0.3, 0.4) is 0 Å². The summed E-state index contributed by atoms with van der Waals surface area (Å²) in [5.41, 5.74) is -0.187. The molecule has 0 unspecified atom stereocenters. The standard InChI is InChI=1S/C14H15F2NO/c15-14(16)11-8-6-4-7-9(8)10(11)13(7,12(6)14)5-18-3-1-2-17/h6-12H,1,3-5H2/t6-,7-,8+,9-,10+,11-,12+,13-/m0/s1. The Morgan fingerprint density at radius 2 is 2.11 bits per heavy atom. The van der Waals surface area contributed by atoms with E-state index in [-0.39, 0.29) is 23.2 Å². The zero-order valence-corrected chi connectivity index (χ0v) is 9.98. The summed E-state index contributed by atoms with van der Waals surface area (Å²) in [5, 5.41) is 8.49. The van der Waals surface area contributed by atoms with E-state index >= 15 is 0 Å². The summed E-state index contributed by atoms with van der Waals surface area (Å²) in [6.45, 7) is 0.889. The second kappa shape index (κ2) is 2.60. The van der Waals surface area contributed by atoms with Crippen LogP contribution in [0.5, 0.6) is 0 Å². The van der Waals surface area contributed by atoms with Crippen LogP contribution in [0.4, 0.5) is 8.78 Å². The largest absolute Gasteiger partial charge is 0.380 e. The molecule has 0 aromatic carbocycles. The molecule has 0 radical (unpaired) electrons. The molecule has 6 aliphatic carbocycles. The van der Waals surface area contributed by atoms with Gasteiger partial charge in [0.1, 0.15) is 0 Å². The van der Waals surface area contributed by atoms with E-state index in [2.05, 4.69) is 0 Å².